The van der Waals surface area contributed by atoms with E-state index in [-0.39, 0.29) is 6.04 Å². The molecule has 5 nitrogen and oxygen atoms in total. The number of benzene rings is 2. The van der Waals surface area contributed by atoms with Crippen LogP contribution in [0.4, 0.5) is 10.1 Å². The highest BCUT2D eigenvalue weighted by Gasteiger charge is 2.25. The lowest BCUT2D eigenvalue weighted by molar-refractivity contribution is 0.287. The summed E-state index contributed by atoms with van der Waals surface area (Å²) in [5, 5.41) is 3.81. The van der Waals surface area contributed by atoms with Gasteiger partial charge >= 0.3 is 0 Å². The van der Waals surface area contributed by atoms with Crippen molar-refractivity contribution in [1.82, 2.24) is 15.3 Å². The molecule has 0 spiro atoms. The number of hydrogen-bond donors (Lipinski definition) is 1. The summed E-state index contributed by atoms with van der Waals surface area (Å²) in [6.07, 6.45) is 3.25. The molecular weight excluding hydrogens is 427 g/mol. The summed E-state index contributed by atoms with van der Waals surface area (Å²) in [7, 11) is 0. The first kappa shape index (κ1) is 21.2. The minimum Gasteiger partial charge on any atom is -0.486 e. The van der Waals surface area contributed by atoms with Gasteiger partial charge in [0.1, 0.15) is 12.4 Å². The zero-order valence-electron chi connectivity index (χ0n) is 18.3. The van der Waals surface area contributed by atoms with Crippen LogP contribution in [0.3, 0.4) is 0 Å². The lowest BCUT2D eigenvalue weighted by Crippen LogP contribution is -2.38. The number of aromatic nitrogens is 2. The van der Waals surface area contributed by atoms with E-state index in [1.165, 1.54) is 17.2 Å². The molecule has 0 amide bonds. The molecule has 5 rings (SSSR count). The molecule has 0 aliphatic carbocycles. The summed E-state index contributed by atoms with van der Waals surface area (Å²) < 4.78 is 20.6. The van der Waals surface area contributed by atoms with Gasteiger partial charge in [-0.15, -0.1) is 0 Å². The number of nitrogens with zero attached hydrogens (tertiary/aromatic N) is 3. The van der Waals surface area contributed by atoms with Gasteiger partial charge in [0, 0.05) is 30.8 Å². The van der Waals surface area contributed by atoms with E-state index < -0.39 is 5.82 Å². The van der Waals surface area contributed by atoms with E-state index in [0.717, 1.165) is 30.8 Å². The second kappa shape index (κ2) is 8.68. The van der Waals surface area contributed by atoms with Gasteiger partial charge in [0.05, 0.1) is 22.9 Å². The predicted octanol–water partition coefficient (Wildman–Crippen LogP) is 4.78. The Balaban J connectivity index is 1.49. The Labute approximate surface area is 192 Å². The number of fused-ring (bicyclic) bond motifs is 2. The predicted molar refractivity (Wildman–Crippen MR) is 125 cm³/mol. The van der Waals surface area contributed by atoms with Crippen LogP contribution in [0.15, 0.2) is 36.5 Å². The molecule has 32 heavy (non-hydrogen) atoms. The van der Waals surface area contributed by atoms with Crippen molar-refractivity contribution in [3.63, 3.8) is 0 Å². The molecule has 2 aliphatic rings. The fourth-order valence-corrected chi connectivity index (χ4v) is 4.69. The Kier molecular flexibility index (Phi) is 5.74. The Morgan fingerprint density at radius 1 is 1.22 bits per heavy atom. The molecule has 2 aromatic carbocycles. The summed E-state index contributed by atoms with van der Waals surface area (Å²) in [6, 6.07) is 10.1. The van der Waals surface area contributed by atoms with E-state index in [1.54, 1.807) is 6.20 Å². The van der Waals surface area contributed by atoms with E-state index in [0.29, 0.717) is 47.4 Å². The SMILES string of the molecule is CC(C)N1CCOc2c(F)cc(-c3nc(Cc4ccc5c(c4)CNCC5)ncc3Cl)cc21. The first-order valence-corrected chi connectivity index (χ1v) is 11.4. The minimum atomic E-state index is -0.402. The van der Waals surface area contributed by atoms with E-state index >= 15 is 0 Å². The second-order valence-electron chi connectivity index (χ2n) is 8.63. The first-order valence-electron chi connectivity index (χ1n) is 11.1. The molecule has 0 fully saturated rings. The lowest BCUT2D eigenvalue weighted by Gasteiger charge is -2.34. The second-order valence-corrected chi connectivity index (χ2v) is 9.04. The first-order chi connectivity index (χ1) is 15.5. The van der Waals surface area contributed by atoms with E-state index in [4.69, 9.17) is 21.3 Å². The van der Waals surface area contributed by atoms with Crippen LogP contribution in [0.25, 0.3) is 11.3 Å². The fraction of sp³-hybridized carbons (Fsp3) is 0.360. The van der Waals surface area contributed by atoms with Crippen molar-refractivity contribution in [2.75, 3.05) is 24.6 Å². The fourth-order valence-electron chi connectivity index (χ4n) is 4.49. The third kappa shape index (κ3) is 4.05. The zero-order chi connectivity index (χ0) is 22.2. The van der Waals surface area contributed by atoms with Crippen molar-refractivity contribution in [2.45, 2.75) is 39.3 Å². The van der Waals surface area contributed by atoms with Crippen molar-refractivity contribution in [3.8, 4) is 17.0 Å². The topological polar surface area (TPSA) is 50.3 Å². The highest BCUT2D eigenvalue weighted by atomic mass is 35.5. The van der Waals surface area contributed by atoms with Crippen molar-refractivity contribution in [3.05, 3.63) is 69.9 Å². The number of halogens is 2. The highest BCUT2D eigenvalue weighted by molar-refractivity contribution is 6.32. The maximum Gasteiger partial charge on any atom is 0.178 e. The number of rotatable bonds is 4. The van der Waals surface area contributed by atoms with Crippen LogP contribution in [0.5, 0.6) is 5.75 Å². The zero-order valence-corrected chi connectivity index (χ0v) is 19.0. The van der Waals surface area contributed by atoms with Crippen molar-refractivity contribution in [2.24, 2.45) is 0 Å². The van der Waals surface area contributed by atoms with Crippen molar-refractivity contribution >= 4 is 17.3 Å². The third-order valence-electron chi connectivity index (χ3n) is 6.12. The van der Waals surface area contributed by atoms with Gasteiger partial charge in [0.15, 0.2) is 11.6 Å². The van der Waals surface area contributed by atoms with Gasteiger partial charge in [0.2, 0.25) is 0 Å². The van der Waals surface area contributed by atoms with Gasteiger partial charge in [-0.1, -0.05) is 29.8 Å². The molecule has 0 atom stereocenters. The van der Waals surface area contributed by atoms with Crippen LogP contribution >= 0.6 is 11.6 Å². The summed E-state index contributed by atoms with van der Waals surface area (Å²) >= 11 is 6.46. The molecule has 3 heterocycles. The smallest absolute Gasteiger partial charge is 0.178 e. The summed E-state index contributed by atoms with van der Waals surface area (Å²) in [5.74, 6) is 0.547. The monoisotopic (exact) mass is 452 g/mol. The number of anilines is 1. The van der Waals surface area contributed by atoms with E-state index in [1.807, 2.05) is 6.07 Å². The molecule has 1 N–H and O–H groups in total. The van der Waals surface area contributed by atoms with Gasteiger partial charge < -0.3 is 15.0 Å². The Hall–Kier alpha value is -2.70. The standard InChI is InChI=1S/C25H26ClFN4O/c1-15(2)31-7-8-32-25-21(27)11-18(12-22(25)31)24-20(26)14-29-23(30-24)10-16-3-4-17-5-6-28-13-19(17)9-16/h3-4,9,11-12,14-15,28H,5-8,10,13H2,1-2H3. The van der Waals surface area contributed by atoms with Gasteiger partial charge in [0.25, 0.3) is 0 Å². The van der Waals surface area contributed by atoms with Crippen LogP contribution in [0.1, 0.15) is 36.4 Å². The Morgan fingerprint density at radius 2 is 2.09 bits per heavy atom. The van der Waals surface area contributed by atoms with Crippen LogP contribution in [-0.2, 0) is 19.4 Å². The molecule has 3 aromatic rings. The molecule has 0 bridgehead atoms. The maximum atomic E-state index is 14.9. The van der Waals surface area contributed by atoms with Gasteiger partial charge in [-0.3, -0.25) is 0 Å². The van der Waals surface area contributed by atoms with Gasteiger partial charge in [-0.2, -0.15) is 0 Å². The number of ether oxygens (including phenoxy) is 1. The van der Waals surface area contributed by atoms with E-state index in [2.05, 4.69) is 47.2 Å². The number of nitrogens with one attached hydrogen (secondary N) is 1. The average molecular weight is 453 g/mol. The van der Waals surface area contributed by atoms with Crippen LogP contribution in [0.2, 0.25) is 5.02 Å². The summed E-state index contributed by atoms with van der Waals surface area (Å²) in [5.41, 5.74) is 5.77. The third-order valence-corrected chi connectivity index (χ3v) is 6.40. The van der Waals surface area contributed by atoms with Crippen LogP contribution in [-0.4, -0.2) is 35.7 Å². The Morgan fingerprint density at radius 3 is 2.94 bits per heavy atom. The largest absolute Gasteiger partial charge is 0.486 e. The molecule has 0 radical (unpaired) electrons. The summed E-state index contributed by atoms with van der Waals surface area (Å²) in [4.78, 5) is 11.3. The highest BCUT2D eigenvalue weighted by Crippen LogP contribution is 2.40. The Bertz CT molecular complexity index is 1170. The lowest BCUT2D eigenvalue weighted by atomic mass is 9.97. The van der Waals surface area contributed by atoms with Gasteiger partial charge in [-0.05, 0) is 55.6 Å². The van der Waals surface area contributed by atoms with E-state index in [9.17, 15) is 4.39 Å². The maximum absolute atomic E-state index is 14.9. The molecule has 0 saturated heterocycles. The molecular formula is C25H26ClFN4O. The summed E-state index contributed by atoms with van der Waals surface area (Å²) in [6.45, 7) is 7.26. The molecule has 1 aromatic heterocycles. The van der Waals surface area contributed by atoms with Gasteiger partial charge in [-0.25, -0.2) is 14.4 Å². The van der Waals surface area contributed by atoms with Crippen LogP contribution in [0, 0.1) is 5.82 Å². The quantitative estimate of drug-likeness (QED) is 0.617. The van der Waals surface area contributed by atoms with Crippen molar-refractivity contribution in [1.29, 1.82) is 0 Å². The molecule has 2 aliphatic heterocycles. The van der Waals surface area contributed by atoms with Crippen molar-refractivity contribution < 1.29 is 9.13 Å². The number of hydrogen-bond acceptors (Lipinski definition) is 5. The molecule has 166 valence electrons. The minimum absolute atomic E-state index is 0.224. The molecule has 7 heteroatoms. The average Bonchev–Trinajstić information content (AvgIpc) is 2.79. The van der Waals surface area contributed by atoms with Crippen LogP contribution < -0.4 is 15.0 Å². The normalized spacial score (nSPS) is 15.3. The molecule has 0 saturated carbocycles. The molecule has 0 unspecified atom stereocenters.